The molecule has 5 nitrogen and oxygen atoms in total. The molecule has 2 aliphatic rings. The van der Waals surface area contributed by atoms with Gasteiger partial charge in [-0.1, -0.05) is 30.3 Å². The maximum Gasteiger partial charge on any atom is 0.316 e. The van der Waals surface area contributed by atoms with E-state index in [1.807, 2.05) is 30.3 Å². The molecule has 3 rings (SSSR count). The number of terminal acetylenes is 1. The zero-order chi connectivity index (χ0) is 18.0. The lowest BCUT2D eigenvalue weighted by molar-refractivity contribution is -0.944. The second-order valence-electron chi connectivity index (χ2n) is 7.41. The third-order valence-electron chi connectivity index (χ3n) is 5.97. The summed E-state index contributed by atoms with van der Waals surface area (Å²) in [6.07, 6.45) is 6.87. The molecule has 134 valence electrons. The molecule has 0 unspecified atom stereocenters. The van der Waals surface area contributed by atoms with Crippen LogP contribution in [0.1, 0.15) is 30.7 Å². The lowest BCUT2D eigenvalue weighted by Gasteiger charge is -2.45. The van der Waals surface area contributed by atoms with Gasteiger partial charge < -0.3 is 19.4 Å². The highest BCUT2D eigenvalue weighted by atomic mass is 16.5. The Kier molecular flexibility index (Phi) is 5.14. The molecule has 6 atom stereocenters. The van der Waals surface area contributed by atoms with Crippen molar-refractivity contribution >= 4 is 5.97 Å². The van der Waals surface area contributed by atoms with E-state index in [-0.39, 0.29) is 24.8 Å². The van der Waals surface area contributed by atoms with Crippen LogP contribution in [-0.4, -0.2) is 65.2 Å². The number of benzene rings is 1. The molecular weight excluding hydrogens is 318 g/mol. The van der Waals surface area contributed by atoms with E-state index in [1.54, 1.807) is 0 Å². The van der Waals surface area contributed by atoms with Crippen molar-refractivity contribution in [3.63, 3.8) is 0 Å². The van der Waals surface area contributed by atoms with Gasteiger partial charge in [-0.2, -0.15) is 0 Å². The first-order valence-corrected chi connectivity index (χ1v) is 8.82. The summed E-state index contributed by atoms with van der Waals surface area (Å²) in [5.74, 6) is 1.65. The SMILES string of the molecule is C#CC[N@+]1(C)[C@@H]2C[C@H](OC(=O)[C@@H](CO)c3ccccc3)C[C@H]1[C@@H](O)C2. The van der Waals surface area contributed by atoms with E-state index in [9.17, 15) is 15.0 Å². The molecule has 2 bridgehead atoms. The predicted molar refractivity (Wildman–Crippen MR) is 93.5 cm³/mol. The third-order valence-corrected chi connectivity index (χ3v) is 5.97. The van der Waals surface area contributed by atoms with Gasteiger partial charge in [0.25, 0.3) is 0 Å². The van der Waals surface area contributed by atoms with Gasteiger partial charge in [-0.05, 0) is 11.5 Å². The molecule has 0 aromatic heterocycles. The molecule has 2 saturated heterocycles. The highest BCUT2D eigenvalue weighted by molar-refractivity contribution is 5.78. The number of likely N-dealkylation sites (N-methyl/N-ethyl adjacent to an activating group) is 1. The number of fused-ring (bicyclic) bond motifs is 2. The molecule has 2 N–H and O–H groups in total. The van der Waals surface area contributed by atoms with Crippen LogP contribution in [0, 0.1) is 12.3 Å². The van der Waals surface area contributed by atoms with Gasteiger partial charge in [-0.3, -0.25) is 4.79 Å². The van der Waals surface area contributed by atoms with Crippen LogP contribution in [0.5, 0.6) is 0 Å². The second kappa shape index (κ2) is 7.17. The number of hydrogen-bond acceptors (Lipinski definition) is 4. The first-order valence-electron chi connectivity index (χ1n) is 8.82. The maximum atomic E-state index is 12.6. The average molecular weight is 344 g/mol. The molecule has 0 aliphatic carbocycles. The topological polar surface area (TPSA) is 66.8 Å². The normalized spacial score (nSPS) is 35.0. The Morgan fingerprint density at radius 1 is 1.36 bits per heavy atom. The first kappa shape index (κ1) is 17.9. The number of rotatable bonds is 5. The summed E-state index contributed by atoms with van der Waals surface area (Å²) >= 11 is 0. The van der Waals surface area contributed by atoms with Gasteiger partial charge in [0.15, 0.2) is 0 Å². The van der Waals surface area contributed by atoms with E-state index in [4.69, 9.17) is 11.2 Å². The molecular formula is C20H26NO4+. The highest BCUT2D eigenvalue weighted by Crippen LogP contribution is 2.42. The van der Waals surface area contributed by atoms with Crippen molar-refractivity contribution in [3.05, 3.63) is 35.9 Å². The monoisotopic (exact) mass is 344 g/mol. The van der Waals surface area contributed by atoms with Crippen molar-refractivity contribution in [1.82, 2.24) is 0 Å². The first-order chi connectivity index (χ1) is 12.0. The minimum Gasteiger partial charge on any atom is -0.461 e. The van der Waals surface area contributed by atoms with Gasteiger partial charge in [-0.25, -0.2) is 0 Å². The number of carbonyl (C=O) groups is 1. The van der Waals surface area contributed by atoms with E-state index in [0.717, 1.165) is 5.56 Å². The number of piperidine rings is 1. The number of ether oxygens (including phenoxy) is 1. The van der Waals surface area contributed by atoms with Crippen LogP contribution in [0.2, 0.25) is 0 Å². The van der Waals surface area contributed by atoms with Gasteiger partial charge in [0, 0.05) is 19.3 Å². The number of quaternary nitrogens is 1. The van der Waals surface area contributed by atoms with Crippen molar-refractivity contribution < 1.29 is 24.2 Å². The fourth-order valence-corrected chi connectivity index (χ4v) is 4.53. The Hall–Kier alpha value is -1.87. The molecule has 1 aromatic carbocycles. The quantitative estimate of drug-likeness (QED) is 0.476. The second-order valence-corrected chi connectivity index (χ2v) is 7.41. The van der Waals surface area contributed by atoms with Crippen LogP contribution in [0.25, 0.3) is 0 Å². The van der Waals surface area contributed by atoms with E-state index in [1.165, 1.54) is 0 Å². The fourth-order valence-electron chi connectivity index (χ4n) is 4.53. The van der Waals surface area contributed by atoms with Crippen LogP contribution < -0.4 is 0 Å². The summed E-state index contributed by atoms with van der Waals surface area (Å²) in [7, 11) is 2.09. The molecule has 2 aliphatic heterocycles. The molecule has 0 spiro atoms. The van der Waals surface area contributed by atoms with Crippen molar-refractivity contribution in [2.24, 2.45) is 0 Å². The third kappa shape index (κ3) is 3.30. The zero-order valence-electron chi connectivity index (χ0n) is 14.5. The standard InChI is InChI=1S/C20H26NO4/c1-3-9-21(2)15-10-16(12-18(21)19(23)11-15)25-20(24)17(13-22)14-7-5-4-6-8-14/h1,4-8,15-19,22-23H,9-13H2,2H3/q+1/t15-,16+,17+,18+,19+,21-/m1/s1. The van der Waals surface area contributed by atoms with E-state index < -0.39 is 18.0 Å². The summed E-state index contributed by atoms with van der Waals surface area (Å²) in [4.78, 5) is 12.6. The number of aliphatic hydroxyl groups is 2. The van der Waals surface area contributed by atoms with Crippen LogP contribution in [0.15, 0.2) is 30.3 Å². The summed E-state index contributed by atoms with van der Waals surface area (Å²) in [5.41, 5.74) is 0.752. The summed E-state index contributed by atoms with van der Waals surface area (Å²) in [6.45, 7) is 0.298. The Morgan fingerprint density at radius 2 is 2.08 bits per heavy atom. The smallest absolute Gasteiger partial charge is 0.316 e. The molecule has 2 heterocycles. The number of nitrogens with zero attached hydrogens (tertiary/aromatic N) is 1. The van der Waals surface area contributed by atoms with Crippen molar-refractivity contribution in [2.75, 3.05) is 20.2 Å². The highest BCUT2D eigenvalue weighted by Gasteiger charge is 2.56. The Bertz CT molecular complexity index is 655. The lowest BCUT2D eigenvalue weighted by Crippen LogP contribution is -2.60. The van der Waals surface area contributed by atoms with E-state index in [2.05, 4.69) is 13.0 Å². The van der Waals surface area contributed by atoms with Gasteiger partial charge in [-0.15, -0.1) is 6.42 Å². The minimum atomic E-state index is -0.669. The fraction of sp³-hybridized carbons (Fsp3) is 0.550. The lowest BCUT2D eigenvalue weighted by atomic mass is 9.95. The van der Waals surface area contributed by atoms with Gasteiger partial charge >= 0.3 is 5.97 Å². The van der Waals surface area contributed by atoms with Crippen LogP contribution in [0.4, 0.5) is 0 Å². The van der Waals surface area contributed by atoms with Crippen LogP contribution in [0.3, 0.4) is 0 Å². The average Bonchev–Trinajstić information content (AvgIpc) is 2.72. The van der Waals surface area contributed by atoms with Crippen LogP contribution >= 0.6 is 0 Å². The van der Waals surface area contributed by atoms with Gasteiger partial charge in [0.05, 0.1) is 19.7 Å². The largest absolute Gasteiger partial charge is 0.461 e. The van der Waals surface area contributed by atoms with Crippen molar-refractivity contribution in [3.8, 4) is 12.3 Å². The molecule has 0 saturated carbocycles. The molecule has 0 amide bonds. The van der Waals surface area contributed by atoms with Crippen LogP contribution in [-0.2, 0) is 9.53 Å². The van der Waals surface area contributed by atoms with E-state index in [0.29, 0.717) is 30.3 Å². The van der Waals surface area contributed by atoms with Gasteiger partial charge in [0.1, 0.15) is 30.7 Å². The number of aliphatic hydroxyl groups excluding tert-OH is 2. The predicted octanol–water partition coefficient (Wildman–Crippen LogP) is 1.05. The van der Waals surface area contributed by atoms with Crippen molar-refractivity contribution in [2.45, 2.75) is 49.5 Å². The Balaban J connectivity index is 1.69. The Morgan fingerprint density at radius 3 is 2.68 bits per heavy atom. The van der Waals surface area contributed by atoms with Gasteiger partial charge in [0.2, 0.25) is 0 Å². The summed E-state index contributed by atoms with van der Waals surface area (Å²) < 4.78 is 6.39. The zero-order valence-corrected chi connectivity index (χ0v) is 14.5. The molecule has 25 heavy (non-hydrogen) atoms. The maximum absolute atomic E-state index is 12.6. The molecule has 1 aromatic rings. The molecule has 0 radical (unpaired) electrons. The minimum absolute atomic E-state index is 0.00287. The van der Waals surface area contributed by atoms with E-state index >= 15 is 0 Å². The van der Waals surface area contributed by atoms with Crippen molar-refractivity contribution in [1.29, 1.82) is 0 Å². The number of hydrogen-bond donors (Lipinski definition) is 2. The molecule has 5 heteroatoms. The summed E-state index contributed by atoms with van der Waals surface area (Å²) in [6, 6.07) is 9.38. The Labute approximate surface area is 148 Å². The number of esters is 1. The summed E-state index contributed by atoms with van der Waals surface area (Å²) in [5, 5.41) is 20.0. The number of carbonyl (C=O) groups excluding carboxylic acids is 1. The molecule has 2 fully saturated rings.